The average molecular weight is 230 g/mol. The Kier molecular flexibility index (Phi) is 1.84. The normalized spacial score (nSPS) is 11.6. The smallest absolute Gasteiger partial charge is 0.143 e. The van der Waals surface area contributed by atoms with Crippen LogP contribution in [0.15, 0.2) is 59.0 Å². The van der Waals surface area contributed by atoms with E-state index in [1.807, 2.05) is 12.1 Å². The summed E-state index contributed by atoms with van der Waals surface area (Å²) in [6.07, 6.45) is 0. The number of para-hydroxylation sites is 1. The van der Waals surface area contributed by atoms with Crippen molar-refractivity contribution in [2.24, 2.45) is 0 Å². The predicted molar refractivity (Wildman–Crippen MR) is 79.4 cm³/mol. The van der Waals surface area contributed by atoms with Crippen LogP contribution in [-0.2, 0) is 0 Å². The van der Waals surface area contributed by atoms with Crippen molar-refractivity contribution in [2.75, 3.05) is 0 Å². The summed E-state index contributed by atoms with van der Waals surface area (Å²) in [5.74, 6) is 0. The second kappa shape index (κ2) is 3.39. The second-order valence-corrected chi connectivity index (χ2v) is 4.71. The van der Waals surface area contributed by atoms with Gasteiger partial charge in [-0.3, -0.25) is 0 Å². The van der Waals surface area contributed by atoms with Gasteiger partial charge in [-0.2, -0.15) is 0 Å². The highest BCUT2D eigenvalue weighted by Gasteiger charge is 2.10. The lowest BCUT2D eigenvalue weighted by Gasteiger charge is -2.02. The third-order valence-corrected chi connectivity index (χ3v) is 3.59. The summed E-state index contributed by atoms with van der Waals surface area (Å²) < 4.78 is 6.02. The van der Waals surface area contributed by atoms with Crippen LogP contribution in [0.25, 0.3) is 32.7 Å². The molecule has 0 saturated heterocycles. The van der Waals surface area contributed by atoms with Gasteiger partial charge in [0.1, 0.15) is 19.0 Å². The molecule has 4 aromatic rings. The molecule has 0 bridgehead atoms. The Bertz CT molecular complexity index is 889. The van der Waals surface area contributed by atoms with Gasteiger partial charge in [-0.05, 0) is 11.5 Å². The first kappa shape index (κ1) is 9.78. The zero-order valence-electron chi connectivity index (χ0n) is 10.1. The topological polar surface area (TPSA) is 13.1 Å². The van der Waals surface area contributed by atoms with Crippen molar-refractivity contribution in [3.05, 3.63) is 54.6 Å². The minimum absolute atomic E-state index is 0.961. The monoisotopic (exact) mass is 230 g/mol. The summed E-state index contributed by atoms with van der Waals surface area (Å²) in [5.41, 5.74) is 3.25. The summed E-state index contributed by atoms with van der Waals surface area (Å²) in [6, 6.07) is 18.9. The van der Waals surface area contributed by atoms with E-state index < -0.39 is 0 Å². The summed E-state index contributed by atoms with van der Waals surface area (Å²) in [7, 11) is 2.16. The van der Waals surface area contributed by atoms with Gasteiger partial charge >= 0.3 is 0 Å². The first-order chi connectivity index (χ1) is 8.84. The van der Waals surface area contributed by atoms with Crippen molar-refractivity contribution < 1.29 is 4.42 Å². The van der Waals surface area contributed by atoms with Crippen LogP contribution in [0.5, 0.6) is 0 Å². The van der Waals surface area contributed by atoms with E-state index in [0.29, 0.717) is 0 Å². The predicted octanol–water partition coefficient (Wildman–Crippen LogP) is 3.00. The summed E-state index contributed by atoms with van der Waals surface area (Å²) in [6.45, 7) is 0. The Morgan fingerprint density at radius 2 is 1.39 bits per heavy atom. The maximum absolute atomic E-state index is 6.02. The minimum atomic E-state index is 0.961. The molecule has 0 aliphatic heterocycles. The molecule has 0 aliphatic carbocycles. The van der Waals surface area contributed by atoms with Crippen molar-refractivity contribution in [3.8, 4) is 0 Å². The van der Waals surface area contributed by atoms with Crippen molar-refractivity contribution in [2.45, 2.75) is 0 Å². The van der Waals surface area contributed by atoms with E-state index in [1.54, 1.807) is 0 Å². The van der Waals surface area contributed by atoms with Gasteiger partial charge in [0.15, 0.2) is 0 Å². The van der Waals surface area contributed by atoms with Crippen LogP contribution in [0.1, 0.15) is 0 Å². The first-order valence-corrected chi connectivity index (χ1v) is 6.14. The molecule has 0 spiro atoms. The van der Waals surface area contributed by atoms with Crippen molar-refractivity contribution >= 4 is 46.0 Å². The molecule has 0 N–H and O–H groups in total. The Morgan fingerprint density at radius 1 is 0.722 bits per heavy atom. The van der Waals surface area contributed by atoms with Gasteiger partial charge in [0, 0.05) is 16.2 Å². The standard InChI is InChI=1S/C16H11BO/c17-14-9-13-11-6-3-4-8-15(11)18-16(13)12-7-2-1-5-10(12)14/h1-9H,17H2. The first-order valence-electron chi connectivity index (χ1n) is 6.14. The van der Waals surface area contributed by atoms with Gasteiger partial charge < -0.3 is 4.42 Å². The molecule has 0 saturated carbocycles. The second-order valence-electron chi connectivity index (χ2n) is 4.71. The van der Waals surface area contributed by atoms with Crippen LogP contribution in [0.2, 0.25) is 0 Å². The van der Waals surface area contributed by atoms with Crippen LogP contribution < -0.4 is 5.46 Å². The molecule has 0 amide bonds. The molecule has 84 valence electrons. The largest absolute Gasteiger partial charge is 0.455 e. The third-order valence-electron chi connectivity index (χ3n) is 3.59. The zero-order chi connectivity index (χ0) is 12.1. The highest BCUT2D eigenvalue weighted by atomic mass is 16.3. The molecule has 2 heteroatoms. The Morgan fingerprint density at radius 3 is 2.22 bits per heavy atom. The van der Waals surface area contributed by atoms with Gasteiger partial charge in [0.25, 0.3) is 0 Å². The molecule has 1 aromatic heterocycles. The number of fused-ring (bicyclic) bond motifs is 5. The number of hydrogen-bond acceptors (Lipinski definition) is 1. The van der Waals surface area contributed by atoms with Crippen molar-refractivity contribution in [3.63, 3.8) is 0 Å². The molecule has 0 aliphatic rings. The number of furan rings is 1. The van der Waals surface area contributed by atoms with Gasteiger partial charge in [0.05, 0.1) is 0 Å². The lowest BCUT2D eigenvalue weighted by atomic mass is 9.88. The highest BCUT2D eigenvalue weighted by molar-refractivity contribution is 6.41. The van der Waals surface area contributed by atoms with E-state index >= 15 is 0 Å². The third kappa shape index (κ3) is 1.18. The van der Waals surface area contributed by atoms with E-state index in [1.165, 1.54) is 27.0 Å². The van der Waals surface area contributed by atoms with Crippen LogP contribution in [0.3, 0.4) is 0 Å². The molecule has 0 radical (unpaired) electrons. The summed E-state index contributed by atoms with van der Waals surface area (Å²) >= 11 is 0. The molecule has 0 fully saturated rings. The average Bonchev–Trinajstić information content (AvgIpc) is 2.78. The number of rotatable bonds is 0. The number of hydrogen-bond donors (Lipinski definition) is 0. The van der Waals surface area contributed by atoms with E-state index in [9.17, 15) is 0 Å². The van der Waals surface area contributed by atoms with Gasteiger partial charge in [-0.15, -0.1) is 0 Å². The van der Waals surface area contributed by atoms with Crippen LogP contribution in [0.4, 0.5) is 0 Å². The molecule has 4 rings (SSSR count). The van der Waals surface area contributed by atoms with E-state index in [-0.39, 0.29) is 0 Å². The SMILES string of the molecule is Bc1cc2c3ccccc3oc2c2ccccc12. The summed E-state index contributed by atoms with van der Waals surface area (Å²) in [4.78, 5) is 0. The molecule has 3 aromatic carbocycles. The fourth-order valence-electron chi connectivity index (χ4n) is 2.73. The molecule has 18 heavy (non-hydrogen) atoms. The fourth-order valence-corrected chi connectivity index (χ4v) is 2.73. The molecule has 1 heterocycles. The van der Waals surface area contributed by atoms with Crippen LogP contribution in [-0.4, -0.2) is 7.85 Å². The maximum atomic E-state index is 6.02. The van der Waals surface area contributed by atoms with E-state index in [4.69, 9.17) is 4.42 Å². The van der Waals surface area contributed by atoms with Crippen LogP contribution >= 0.6 is 0 Å². The number of benzene rings is 3. The maximum Gasteiger partial charge on any atom is 0.143 e. The zero-order valence-corrected chi connectivity index (χ0v) is 10.1. The molecule has 1 nitrogen and oxygen atoms in total. The van der Waals surface area contributed by atoms with Gasteiger partial charge in [-0.1, -0.05) is 54.0 Å². The van der Waals surface area contributed by atoms with Gasteiger partial charge in [-0.25, -0.2) is 0 Å². The Labute approximate surface area is 105 Å². The Balaban J connectivity index is 2.36. The van der Waals surface area contributed by atoms with E-state index in [0.717, 1.165) is 11.2 Å². The molecule has 0 atom stereocenters. The lowest BCUT2D eigenvalue weighted by Crippen LogP contribution is -2.02. The molecular formula is C16H11BO. The molecular weight excluding hydrogens is 219 g/mol. The van der Waals surface area contributed by atoms with Crippen LogP contribution in [0, 0.1) is 0 Å². The van der Waals surface area contributed by atoms with E-state index in [2.05, 4.69) is 50.3 Å². The van der Waals surface area contributed by atoms with Gasteiger partial charge in [0.2, 0.25) is 0 Å². The summed E-state index contributed by atoms with van der Waals surface area (Å²) in [5, 5.41) is 4.87. The lowest BCUT2D eigenvalue weighted by molar-refractivity contribution is 0.673. The molecule has 0 unspecified atom stereocenters. The van der Waals surface area contributed by atoms with Crippen molar-refractivity contribution in [1.82, 2.24) is 0 Å². The Hall–Kier alpha value is -2.22. The highest BCUT2D eigenvalue weighted by Crippen LogP contribution is 2.32. The quantitative estimate of drug-likeness (QED) is 0.423. The minimum Gasteiger partial charge on any atom is -0.455 e. The fraction of sp³-hybridized carbons (Fsp3) is 0. The van der Waals surface area contributed by atoms with Crippen molar-refractivity contribution in [1.29, 1.82) is 0 Å².